The summed E-state index contributed by atoms with van der Waals surface area (Å²) in [5.41, 5.74) is 2.16. The molecule has 1 heterocycles. The highest BCUT2D eigenvalue weighted by Gasteiger charge is 2.12. The minimum atomic E-state index is -3.40. The molecule has 0 saturated carbocycles. The molecule has 0 saturated heterocycles. The standard InChI is InChI=1S/C15H17FN2O2S/c1-10(2)12-8-7-11(16)9-13(12)14-5-4-6-15(17-14)18-21(3,19)20/h4-10H,1-3H3,(H,17,18). The Morgan fingerprint density at radius 2 is 1.90 bits per heavy atom. The van der Waals surface area contributed by atoms with Crippen molar-refractivity contribution in [3.8, 4) is 11.3 Å². The molecule has 21 heavy (non-hydrogen) atoms. The van der Waals surface area contributed by atoms with Crippen molar-refractivity contribution in [2.45, 2.75) is 19.8 Å². The van der Waals surface area contributed by atoms with E-state index in [-0.39, 0.29) is 17.6 Å². The number of hydrogen-bond donors (Lipinski definition) is 1. The van der Waals surface area contributed by atoms with E-state index in [1.807, 2.05) is 13.8 Å². The molecule has 1 aromatic heterocycles. The minimum absolute atomic E-state index is 0.203. The van der Waals surface area contributed by atoms with E-state index < -0.39 is 10.0 Å². The van der Waals surface area contributed by atoms with Gasteiger partial charge in [0, 0.05) is 5.56 Å². The number of halogens is 1. The number of sulfonamides is 1. The van der Waals surface area contributed by atoms with Gasteiger partial charge in [-0.3, -0.25) is 4.72 Å². The summed E-state index contributed by atoms with van der Waals surface area (Å²) in [6, 6.07) is 9.53. The predicted octanol–water partition coefficient (Wildman–Crippen LogP) is 3.38. The van der Waals surface area contributed by atoms with Gasteiger partial charge in [-0.1, -0.05) is 26.0 Å². The third-order valence-electron chi connectivity index (χ3n) is 2.95. The van der Waals surface area contributed by atoms with E-state index in [1.165, 1.54) is 12.1 Å². The molecule has 2 aromatic rings. The number of anilines is 1. The Labute approximate surface area is 124 Å². The van der Waals surface area contributed by atoms with E-state index in [0.717, 1.165) is 11.8 Å². The van der Waals surface area contributed by atoms with Crippen LogP contribution in [0.2, 0.25) is 0 Å². The summed E-state index contributed by atoms with van der Waals surface area (Å²) >= 11 is 0. The van der Waals surface area contributed by atoms with Gasteiger partial charge in [-0.25, -0.2) is 17.8 Å². The maximum absolute atomic E-state index is 13.5. The average Bonchev–Trinajstić information content (AvgIpc) is 2.36. The van der Waals surface area contributed by atoms with E-state index in [1.54, 1.807) is 24.3 Å². The van der Waals surface area contributed by atoms with Crippen LogP contribution in [0.1, 0.15) is 25.3 Å². The third kappa shape index (κ3) is 4.01. The SMILES string of the molecule is CC(C)c1ccc(F)cc1-c1cccc(NS(C)(=O)=O)n1. The van der Waals surface area contributed by atoms with Gasteiger partial charge in [0.15, 0.2) is 0 Å². The fourth-order valence-electron chi connectivity index (χ4n) is 2.09. The van der Waals surface area contributed by atoms with Crippen LogP contribution >= 0.6 is 0 Å². The van der Waals surface area contributed by atoms with E-state index in [2.05, 4.69) is 9.71 Å². The quantitative estimate of drug-likeness (QED) is 0.942. The van der Waals surface area contributed by atoms with Crippen molar-refractivity contribution in [2.24, 2.45) is 0 Å². The van der Waals surface area contributed by atoms with E-state index in [4.69, 9.17) is 0 Å². The highest BCUT2D eigenvalue weighted by Crippen LogP contribution is 2.29. The zero-order valence-corrected chi connectivity index (χ0v) is 12.9. The van der Waals surface area contributed by atoms with Gasteiger partial charge in [0.2, 0.25) is 10.0 Å². The molecule has 4 nitrogen and oxygen atoms in total. The van der Waals surface area contributed by atoms with Gasteiger partial charge in [-0.2, -0.15) is 0 Å². The van der Waals surface area contributed by atoms with Crippen LogP contribution in [0.15, 0.2) is 36.4 Å². The molecule has 0 unspecified atom stereocenters. The van der Waals surface area contributed by atoms with E-state index in [9.17, 15) is 12.8 Å². The van der Waals surface area contributed by atoms with Crippen molar-refractivity contribution < 1.29 is 12.8 Å². The van der Waals surface area contributed by atoms with Gasteiger partial charge in [-0.05, 0) is 35.7 Å². The highest BCUT2D eigenvalue weighted by molar-refractivity contribution is 7.92. The van der Waals surface area contributed by atoms with Crippen molar-refractivity contribution >= 4 is 15.8 Å². The molecule has 0 fully saturated rings. The zero-order valence-electron chi connectivity index (χ0n) is 12.1. The molecular formula is C15H17FN2O2S. The molecule has 0 aliphatic carbocycles. The Balaban J connectivity index is 2.52. The maximum Gasteiger partial charge on any atom is 0.230 e. The molecule has 1 aromatic carbocycles. The first kappa shape index (κ1) is 15.4. The molecule has 1 N–H and O–H groups in total. The fourth-order valence-corrected chi connectivity index (χ4v) is 2.58. The second-order valence-corrected chi connectivity index (χ2v) is 6.92. The highest BCUT2D eigenvalue weighted by atomic mass is 32.2. The Hall–Kier alpha value is -1.95. The smallest absolute Gasteiger partial charge is 0.230 e. The third-order valence-corrected chi connectivity index (χ3v) is 3.53. The topological polar surface area (TPSA) is 59.1 Å². The molecule has 0 radical (unpaired) electrons. The first-order valence-corrected chi connectivity index (χ1v) is 8.40. The van der Waals surface area contributed by atoms with Crippen molar-refractivity contribution in [1.82, 2.24) is 4.98 Å². The summed E-state index contributed by atoms with van der Waals surface area (Å²) in [6.45, 7) is 4.02. The summed E-state index contributed by atoms with van der Waals surface area (Å²) in [5, 5.41) is 0. The maximum atomic E-state index is 13.5. The number of benzene rings is 1. The van der Waals surface area contributed by atoms with Crippen LogP contribution in [0, 0.1) is 5.82 Å². The number of hydrogen-bond acceptors (Lipinski definition) is 3. The van der Waals surface area contributed by atoms with Crippen molar-refractivity contribution in [3.05, 3.63) is 47.8 Å². The molecule has 0 bridgehead atoms. The van der Waals surface area contributed by atoms with Crippen LogP contribution in [0.5, 0.6) is 0 Å². The molecule has 0 amide bonds. The summed E-state index contributed by atoms with van der Waals surface area (Å²) in [6.07, 6.45) is 1.06. The molecular weight excluding hydrogens is 291 g/mol. The summed E-state index contributed by atoms with van der Waals surface area (Å²) < 4.78 is 38.4. The summed E-state index contributed by atoms with van der Waals surface area (Å²) in [7, 11) is -3.40. The molecule has 2 rings (SSSR count). The Morgan fingerprint density at radius 1 is 1.19 bits per heavy atom. The summed E-state index contributed by atoms with van der Waals surface area (Å²) in [5.74, 6) is 0.0700. The lowest BCUT2D eigenvalue weighted by Gasteiger charge is -2.13. The Bertz CT molecular complexity index is 758. The fraction of sp³-hybridized carbons (Fsp3) is 0.267. The Morgan fingerprint density at radius 3 is 2.52 bits per heavy atom. The first-order chi connectivity index (χ1) is 9.76. The van der Waals surface area contributed by atoms with Crippen molar-refractivity contribution in [1.29, 1.82) is 0 Å². The number of rotatable bonds is 4. The lowest BCUT2D eigenvalue weighted by Crippen LogP contribution is -2.11. The van der Waals surface area contributed by atoms with Gasteiger partial charge in [0.05, 0.1) is 11.9 Å². The molecule has 6 heteroatoms. The molecule has 0 atom stereocenters. The van der Waals surface area contributed by atoms with Crippen molar-refractivity contribution in [2.75, 3.05) is 11.0 Å². The lowest BCUT2D eigenvalue weighted by atomic mass is 9.95. The van der Waals surface area contributed by atoms with Gasteiger partial charge in [-0.15, -0.1) is 0 Å². The number of pyridine rings is 1. The van der Waals surface area contributed by atoms with Gasteiger partial charge >= 0.3 is 0 Å². The van der Waals surface area contributed by atoms with Gasteiger partial charge in [0.1, 0.15) is 11.6 Å². The zero-order chi connectivity index (χ0) is 15.6. The first-order valence-electron chi connectivity index (χ1n) is 6.51. The molecule has 112 valence electrons. The van der Waals surface area contributed by atoms with Crippen molar-refractivity contribution in [3.63, 3.8) is 0 Å². The average molecular weight is 308 g/mol. The second kappa shape index (κ2) is 5.81. The van der Waals surface area contributed by atoms with Crippen LogP contribution in [-0.2, 0) is 10.0 Å². The number of nitrogens with zero attached hydrogens (tertiary/aromatic N) is 1. The minimum Gasteiger partial charge on any atom is -0.268 e. The second-order valence-electron chi connectivity index (χ2n) is 5.17. The van der Waals surface area contributed by atoms with Crippen LogP contribution in [0.3, 0.4) is 0 Å². The molecule has 0 aliphatic heterocycles. The monoisotopic (exact) mass is 308 g/mol. The molecule has 0 aliphatic rings. The largest absolute Gasteiger partial charge is 0.268 e. The van der Waals surface area contributed by atoms with Crippen LogP contribution in [-0.4, -0.2) is 19.7 Å². The van der Waals surface area contributed by atoms with Crippen LogP contribution in [0.25, 0.3) is 11.3 Å². The normalized spacial score (nSPS) is 11.7. The predicted molar refractivity (Wildman–Crippen MR) is 82.2 cm³/mol. The van der Waals surface area contributed by atoms with E-state index >= 15 is 0 Å². The number of aromatic nitrogens is 1. The van der Waals surface area contributed by atoms with E-state index in [0.29, 0.717) is 11.3 Å². The van der Waals surface area contributed by atoms with Gasteiger partial charge in [0.25, 0.3) is 0 Å². The van der Waals surface area contributed by atoms with Crippen LogP contribution < -0.4 is 4.72 Å². The Kier molecular flexibility index (Phi) is 4.27. The summed E-state index contributed by atoms with van der Waals surface area (Å²) in [4.78, 5) is 4.26. The lowest BCUT2D eigenvalue weighted by molar-refractivity contribution is 0.606. The number of nitrogens with one attached hydrogen (secondary N) is 1. The molecule has 0 spiro atoms. The van der Waals surface area contributed by atoms with Crippen LogP contribution in [0.4, 0.5) is 10.2 Å². The van der Waals surface area contributed by atoms with Gasteiger partial charge < -0.3 is 0 Å².